The first-order valence-corrected chi connectivity index (χ1v) is 4.93. The van der Waals surface area contributed by atoms with Crippen LogP contribution in [0.1, 0.15) is 27.2 Å². The molecule has 0 spiro atoms. The van der Waals surface area contributed by atoms with E-state index >= 15 is 0 Å². The normalized spacial score (nSPS) is 15.1. The Labute approximate surface area is 80.6 Å². The molecule has 0 aliphatic heterocycles. The Kier molecular flexibility index (Phi) is 5.56. The summed E-state index contributed by atoms with van der Waals surface area (Å²) in [4.78, 5) is 0. The molecule has 0 amide bonds. The zero-order chi connectivity index (χ0) is 5.86. The van der Waals surface area contributed by atoms with E-state index in [0.29, 0.717) is 0 Å². The van der Waals surface area contributed by atoms with Gasteiger partial charge in [0.25, 0.3) is 0 Å². The van der Waals surface area contributed by atoms with Crippen LogP contribution in [0.25, 0.3) is 0 Å². The minimum atomic E-state index is 0.922. The third kappa shape index (κ3) is 7.64. The fourth-order valence-electron chi connectivity index (χ4n) is 0.943. The van der Waals surface area contributed by atoms with E-state index in [2.05, 4.69) is 20.8 Å². The van der Waals surface area contributed by atoms with Crippen LogP contribution in [0.15, 0.2) is 0 Å². The van der Waals surface area contributed by atoms with E-state index in [1.54, 1.807) is 0 Å². The summed E-state index contributed by atoms with van der Waals surface area (Å²) in [6.45, 7) is 6.94. The van der Waals surface area contributed by atoms with Crippen molar-refractivity contribution in [3.63, 3.8) is 0 Å². The molecule has 0 aromatic heterocycles. The Balaban J connectivity index is 2.95. The monoisotopic (exact) mass is 124 g/mol. The van der Waals surface area contributed by atoms with E-state index in [-0.39, 0.29) is 0 Å². The molecule has 0 heterocycles. The van der Waals surface area contributed by atoms with Gasteiger partial charge in [0.05, 0.1) is 0 Å². The fraction of sp³-hybridized carbons (Fsp3) is 1.00. The average Bonchev–Trinajstić information content (AvgIpc) is 1.27. The minimum absolute atomic E-state index is 0.922. The van der Waals surface area contributed by atoms with Crippen molar-refractivity contribution in [1.82, 2.24) is 0 Å². The third-order valence-electron chi connectivity index (χ3n) is 0.943. The zero-order valence-corrected chi connectivity index (χ0v) is 8.98. The molecular formula is C6H13K. The van der Waals surface area contributed by atoms with Crippen LogP contribution in [0.4, 0.5) is 0 Å². The second kappa shape index (κ2) is 4.51. The predicted molar refractivity (Wildman–Crippen MR) is 34.6 cm³/mol. The first-order chi connectivity index (χ1) is 3.13. The van der Waals surface area contributed by atoms with E-state index in [1.807, 2.05) is 0 Å². The molecule has 0 nitrogen and oxygen atoms in total. The molecule has 1 atom stereocenters. The Morgan fingerprint density at radius 1 is 1.29 bits per heavy atom. The fourth-order valence-corrected chi connectivity index (χ4v) is 2.42. The van der Waals surface area contributed by atoms with Crippen molar-refractivity contribution in [3.8, 4) is 0 Å². The molecule has 0 aliphatic rings. The molecule has 0 aliphatic carbocycles. The van der Waals surface area contributed by atoms with Gasteiger partial charge in [-0.05, 0) is 0 Å². The summed E-state index contributed by atoms with van der Waals surface area (Å²) < 4.78 is 1.06. The standard InChI is InChI=1S/C6H13.K/c1-4-5-6(2)3;/h4,6H,5H2,1-3H3;. The Morgan fingerprint density at radius 3 is 1.71 bits per heavy atom. The van der Waals surface area contributed by atoms with Gasteiger partial charge in [-0.3, -0.25) is 0 Å². The van der Waals surface area contributed by atoms with Crippen LogP contribution in [-0.2, 0) is 0 Å². The number of rotatable bonds is 2. The van der Waals surface area contributed by atoms with Gasteiger partial charge in [0.2, 0.25) is 0 Å². The van der Waals surface area contributed by atoms with Gasteiger partial charge < -0.3 is 0 Å². The van der Waals surface area contributed by atoms with Crippen molar-refractivity contribution in [1.29, 1.82) is 0 Å². The van der Waals surface area contributed by atoms with Crippen LogP contribution >= 0.6 is 0 Å². The van der Waals surface area contributed by atoms with Crippen molar-refractivity contribution in [2.75, 3.05) is 0 Å². The summed E-state index contributed by atoms with van der Waals surface area (Å²) in [6, 6.07) is 0. The van der Waals surface area contributed by atoms with Crippen LogP contribution < -0.4 is 0 Å². The van der Waals surface area contributed by atoms with Crippen LogP contribution in [0.3, 0.4) is 0 Å². The summed E-state index contributed by atoms with van der Waals surface area (Å²) in [6.07, 6.45) is 1.44. The Hall–Kier alpha value is 1.64. The molecule has 1 unspecified atom stereocenters. The van der Waals surface area contributed by atoms with E-state index in [9.17, 15) is 0 Å². The Bertz CT molecular complexity index is 33.4. The van der Waals surface area contributed by atoms with Crippen molar-refractivity contribution < 1.29 is 0 Å². The molecule has 0 aromatic carbocycles. The van der Waals surface area contributed by atoms with Gasteiger partial charge in [-0.2, -0.15) is 0 Å². The summed E-state index contributed by atoms with van der Waals surface area (Å²) in [5.74, 6) is 0.922. The molecule has 0 saturated carbocycles. The zero-order valence-electron chi connectivity index (χ0n) is 5.86. The van der Waals surface area contributed by atoms with E-state index in [1.165, 1.54) is 6.42 Å². The number of hydrogen-bond acceptors (Lipinski definition) is 0. The molecule has 7 heavy (non-hydrogen) atoms. The maximum absolute atomic E-state index is 2.35. The van der Waals surface area contributed by atoms with Gasteiger partial charge in [0.1, 0.15) is 0 Å². The SMILES string of the molecule is CC(C)C[CH](C)[K]. The van der Waals surface area contributed by atoms with Crippen LogP contribution in [-0.4, -0.2) is 49.0 Å². The van der Waals surface area contributed by atoms with Gasteiger partial charge in [-0.25, -0.2) is 0 Å². The molecule has 0 aromatic rings. The van der Waals surface area contributed by atoms with Gasteiger partial charge >= 0.3 is 82.1 Å². The van der Waals surface area contributed by atoms with Crippen LogP contribution in [0.5, 0.6) is 0 Å². The molecule has 0 radical (unpaired) electrons. The second-order valence-corrected chi connectivity index (χ2v) is 6.10. The van der Waals surface area contributed by atoms with Gasteiger partial charge in [0.15, 0.2) is 0 Å². The molecule has 38 valence electrons. The van der Waals surface area contributed by atoms with Crippen molar-refractivity contribution in [2.45, 2.75) is 27.2 Å². The quantitative estimate of drug-likeness (QED) is 0.494. The van der Waals surface area contributed by atoms with Crippen molar-refractivity contribution in [3.05, 3.63) is 0 Å². The first-order valence-electron chi connectivity index (χ1n) is 3.13. The first kappa shape index (κ1) is 8.64. The average molecular weight is 124 g/mol. The van der Waals surface area contributed by atoms with Gasteiger partial charge in [-0.1, -0.05) is 0 Å². The molecule has 0 N–H and O–H groups in total. The molecule has 0 fully saturated rings. The van der Waals surface area contributed by atoms with Gasteiger partial charge in [0, 0.05) is 0 Å². The summed E-state index contributed by atoms with van der Waals surface area (Å²) in [5.41, 5.74) is 0. The molecular weight excluding hydrogens is 111 g/mol. The molecule has 0 bridgehead atoms. The van der Waals surface area contributed by atoms with Gasteiger partial charge in [-0.15, -0.1) is 0 Å². The summed E-state index contributed by atoms with van der Waals surface area (Å²) in [5, 5.41) is 0. The summed E-state index contributed by atoms with van der Waals surface area (Å²) in [7, 11) is 0. The topological polar surface area (TPSA) is 0 Å². The molecule has 0 saturated heterocycles. The predicted octanol–water partition coefficient (Wildman–Crippen LogP) is 2.01. The summed E-state index contributed by atoms with van der Waals surface area (Å²) >= 11 is 1.05. The maximum atomic E-state index is 2.35. The Morgan fingerprint density at radius 2 is 1.71 bits per heavy atom. The molecule has 1 heteroatoms. The van der Waals surface area contributed by atoms with E-state index in [4.69, 9.17) is 0 Å². The number of hydrogen-bond donors (Lipinski definition) is 0. The third-order valence-corrected chi connectivity index (χ3v) is 1.68. The van der Waals surface area contributed by atoms with Crippen molar-refractivity contribution in [2.24, 2.45) is 5.92 Å². The second-order valence-electron chi connectivity index (χ2n) is 3.02. The van der Waals surface area contributed by atoms with Crippen LogP contribution in [0, 0.1) is 5.92 Å². The van der Waals surface area contributed by atoms with Crippen LogP contribution in [0.2, 0.25) is 0.0125 Å². The molecule has 0 rings (SSSR count). The van der Waals surface area contributed by atoms with Crippen molar-refractivity contribution >= 4 is 49.0 Å². The van der Waals surface area contributed by atoms with E-state index in [0.717, 1.165) is 54.9 Å². The van der Waals surface area contributed by atoms with E-state index < -0.39 is 0 Å².